The SMILES string of the molecule is CN=C(NCCc1cc(C)cc(C)c1)NCCn1cc(C)cn1. The zero-order valence-electron chi connectivity index (χ0n) is 14.6. The van der Waals surface area contributed by atoms with E-state index in [1.165, 1.54) is 22.3 Å². The summed E-state index contributed by atoms with van der Waals surface area (Å²) >= 11 is 0. The highest BCUT2D eigenvalue weighted by molar-refractivity contribution is 5.79. The second-order valence-corrected chi connectivity index (χ2v) is 5.95. The van der Waals surface area contributed by atoms with Gasteiger partial charge in [-0.3, -0.25) is 9.67 Å². The summed E-state index contributed by atoms with van der Waals surface area (Å²) in [5, 5.41) is 10.9. The van der Waals surface area contributed by atoms with Gasteiger partial charge in [-0.1, -0.05) is 29.3 Å². The molecule has 5 heteroatoms. The molecular weight excluding hydrogens is 286 g/mol. The Balaban J connectivity index is 1.72. The van der Waals surface area contributed by atoms with Crippen molar-refractivity contribution in [1.82, 2.24) is 20.4 Å². The highest BCUT2D eigenvalue weighted by Crippen LogP contribution is 2.08. The Bertz CT molecular complexity index is 637. The van der Waals surface area contributed by atoms with Crippen molar-refractivity contribution in [2.24, 2.45) is 4.99 Å². The first kappa shape index (κ1) is 17.1. The molecule has 0 aliphatic heterocycles. The number of nitrogens with one attached hydrogen (secondary N) is 2. The molecule has 0 aliphatic carbocycles. The van der Waals surface area contributed by atoms with E-state index in [1.54, 1.807) is 7.05 Å². The van der Waals surface area contributed by atoms with Gasteiger partial charge in [0.2, 0.25) is 0 Å². The Labute approximate surface area is 138 Å². The van der Waals surface area contributed by atoms with Gasteiger partial charge in [0.05, 0.1) is 12.7 Å². The van der Waals surface area contributed by atoms with Crippen LogP contribution in [0.1, 0.15) is 22.3 Å². The Morgan fingerprint density at radius 1 is 1.04 bits per heavy atom. The fourth-order valence-electron chi connectivity index (χ4n) is 2.64. The highest BCUT2D eigenvalue weighted by Gasteiger charge is 2.00. The third-order valence-electron chi connectivity index (χ3n) is 3.61. The summed E-state index contributed by atoms with van der Waals surface area (Å²) in [5.74, 6) is 0.832. The number of guanidine groups is 1. The van der Waals surface area contributed by atoms with Gasteiger partial charge >= 0.3 is 0 Å². The smallest absolute Gasteiger partial charge is 0.191 e. The van der Waals surface area contributed by atoms with Crippen molar-refractivity contribution in [3.63, 3.8) is 0 Å². The lowest BCUT2D eigenvalue weighted by molar-refractivity contribution is 0.597. The first-order chi connectivity index (χ1) is 11.1. The maximum Gasteiger partial charge on any atom is 0.191 e. The van der Waals surface area contributed by atoms with Crippen LogP contribution in [0.5, 0.6) is 0 Å². The zero-order valence-corrected chi connectivity index (χ0v) is 14.6. The van der Waals surface area contributed by atoms with E-state index >= 15 is 0 Å². The minimum absolute atomic E-state index is 0.796. The third-order valence-corrected chi connectivity index (χ3v) is 3.61. The Morgan fingerprint density at radius 2 is 1.74 bits per heavy atom. The van der Waals surface area contributed by atoms with E-state index in [2.05, 4.69) is 52.8 Å². The average Bonchev–Trinajstić information content (AvgIpc) is 2.90. The molecule has 0 unspecified atom stereocenters. The van der Waals surface area contributed by atoms with Crippen LogP contribution in [0.4, 0.5) is 0 Å². The van der Waals surface area contributed by atoms with E-state index in [0.29, 0.717) is 0 Å². The fraction of sp³-hybridized carbons (Fsp3) is 0.444. The molecule has 0 saturated heterocycles. The third kappa shape index (κ3) is 5.77. The monoisotopic (exact) mass is 313 g/mol. The van der Waals surface area contributed by atoms with Gasteiger partial charge in [-0.05, 0) is 38.3 Å². The number of rotatable bonds is 6. The summed E-state index contributed by atoms with van der Waals surface area (Å²) < 4.78 is 1.94. The second kappa shape index (κ2) is 8.36. The summed E-state index contributed by atoms with van der Waals surface area (Å²) in [4.78, 5) is 4.26. The minimum atomic E-state index is 0.796. The number of aliphatic imine (C=N–C) groups is 1. The number of aryl methyl sites for hydroxylation is 3. The lowest BCUT2D eigenvalue weighted by Gasteiger charge is -2.12. The van der Waals surface area contributed by atoms with Gasteiger partial charge in [0.15, 0.2) is 5.96 Å². The largest absolute Gasteiger partial charge is 0.356 e. The number of hydrogen-bond acceptors (Lipinski definition) is 2. The van der Waals surface area contributed by atoms with Crippen molar-refractivity contribution in [2.45, 2.75) is 33.7 Å². The van der Waals surface area contributed by atoms with Crippen LogP contribution in [0.25, 0.3) is 0 Å². The van der Waals surface area contributed by atoms with Crippen molar-refractivity contribution >= 4 is 5.96 Å². The molecule has 0 fully saturated rings. The molecule has 0 aliphatic rings. The summed E-state index contributed by atoms with van der Waals surface area (Å²) in [5.41, 5.74) is 5.17. The van der Waals surface area contributed by atoms with Crippen LogP contribution in [0.2, 0.25) is 0 Å². The molecule has 0 saturated carbocycles. The van der Waals surface area contributed by atoms with Gasteiger partial charge < -0.3 is 10.6 Å². The van der Waals surface area contributed by atoms with E-state index in [1.807, 2.05) is 24.0 Å². The highest BCUT2D eigenvalue weighted by atomic mass is 15.3. The number of benzene rings is 1. The molecule has 2 aromatic rings. The molecule has 5 nitrogen and oxygen atoms in total. The molecule has 0 atom stereocenters. The number of nitrogens with zero attached hydrogens (tertiary/aromatic N) is 3. The summed E-state index contributed by atoms with van der Waals surface area (Å²) in [6, 6.07) is 6.68. The molecule has 0 amide bonds. The van der Waals surface area contributed by atoms with E-state index in [9.17, 15) is 0 Å². The standard InChI is InChI=1S/C18H27N5/c1-14-9-15(2)11-17(10-14)5-6-20-18(19-4)21-7-8-23-13-16(3)12-22-23/h9-13H,5-8H2,1-4H3,(H2,19,20,21). The van der Waals surface area contributed by atoms with E-state index < -0.39 is 0 Å². The predicted octanol–water partition coefficient (Wildman–Crippen LogP) is 2.22. The van der Waals surface area contributed by atoms with Crippen LogP contribution in [0.15, 0.2) is 35.6 Å². The quantitative estimate of drug-likeness (QED) is 0.635. The molecular formula is C18H27N5. The van der Waals surface area contributed by atoms with Gasteiger partial charge in [0.1, 0.15) is 0 Å². The van der Waals surface area contributed by atoms with E-state index in [-0.39, 0.29) is 0 Å². The summed E-state index contributed by atoms with van der Waals surface area (Å²) in [6.07, 6.45) is 4.90. The molecule has 1 aromatic heterocycles. The maximum atomic E-state index is 4.27. The Hall–Kier alpha value is -2.30. The van der Waals surface area contributed by atoms with Crippen LogP contribution in [-0.4, -0.2) is 35.9 Å². The lowest BCUT2D eigenvalue weighted by atomic mass is 10.1. The molecule has 0 radical (unpaired) electrons. The van der Waals surface area contributed by atoms with Crippen LogP contribution in [-0.2, 0) is 13.0 Å². The first-order valence-electron chi connectivity index (χ1n) is 8.07. The molecule has 1 aromatic carbocycles. The Morgan fingerprint density at radius 3 is 2.35 bits per heavy atom. The summed E-state index contributed by atoms with van der Waals surface area (Å²) in [7, 11) is 1.80. The minimum Gasteiger partial charge on any atom is -0.356 e. The normalized spacial score (nSPS) is 11.6. The first-order valence-corrected chi connectivity index (χ1v) is 8.07. The second-order valence-electron chi connectivity index (χ2n) is 5.95. The van der Waals surface area contributed by atoms with Gasteiger partial charge in [-0.15, -0.1) is 0 Å². The molecule has 2 N–H and O–H groups in total. The van der Waals surface area contributed by atoms with Gasteiger partial charge in [-0.2, -0.15) is 5.10 Å². The van der Waals surface area contributed by atoms with E-state index in [0.717, 1.165) is 32.0 Å². The van der Waals surface area contributed by atoms with Crippen molar-refractivity contribution in [1.29, 1.82) is 0 Å². The zero-order chi connectivity index (χ0) is 16.7. The number of aromatic nitrogens is 2. The molecule has 0 bridgehead atoms. The van der Waals surface area contributed by atoms with Crippen LogP contribution >= 0.6 is 0 Å². The lowest BCUT2D eigenvalue weighted by Crippen LogP contribution is -2.39. The van der Waals surface area contributed by atoms with Gasteiger partial charge in [0.25, 0.3) is 0 Å². The van der Waals surface area contributed by atoms with Crippen LogP contribution in [0, 0.1) is 20.8 Å². The molecule has 0 spiro atoms. The summed E-state index contributed by atoms with van der Waals surface area (Å²) in [6.45, 7) is 8.81. The fourth-order valence-corrected chi connectivity index (χ4v) is 2.64. The van der Waals surface area contributed by atoms with Crippen LogP contribution < -0.4 is 10.6 Å². The Kier molecular flexibility index (Phi) is 6.20. The van der Waals surface area contributed by atoms with Crippen molar-refractivity contribution < 1.29 is 0 Å². The van der Waals surface area contributed by atoms with Crippen molar-refractivity contribution in [3.05, 3.63) is 52.8 Å². The predicted molar refractivity (Wildman–Crippen MR) is 95.9 cm³/mol. The van der Waals surface area contributed by atoms with Gasteiger partial charge in [0, 0.05) is 26.3 Å². The maximum absolute atomic E-state index is 4.27. The topological polar surface area (TPSA) is 54.2 Å². The van der Waals surface area contributed by atoms with E-state index in [4.69, 9.17) is 0 Å². The van der Waals surface area contributed by atoms with Crippen molar-refractivity contribution in [3.8, 4) is 0 Å². The molecule has 23 heavy (non-hydrogen) atoms. The van der Waals surface area contributed by atoms with Gasteiger partial charge in [-0.25, -0.2) is 0 Å². The van der Waals surface area contributed by atoms with Crippen molar-refractivity contribution in [2.75, 3.05) is 20.1 Å². The van der Waals surface area contributed by atoms with Crippen LogP contribution in [0.3, 0.4) is 0 Å². The molecule has 2 rings (SSSR count). The number of hydrogen-bond donors (Lipinski definition) is 2. The molecule has 1 heterocycles. The average molecular weight is 313 g/mol. The molecule has 124 valence electrons.